The molecule has 0 saturated heterocycles. The fourth-order valence-corrected chi connectivity index (χ4v) is 1.64. The first kappa shape index (κ1) is 19.8. The van der Waals surface area contributed by atoms with Gasteiger partial charge in [-0.25, -0.2) is 0 Å². The molecular formula is C16H34O2. The van der Waals surface area contributed by atoms with E-state index in [-0.39, 0.29) is 5.97 Å². The number of carbonyl (C=O) groups excluding carboxylic acids is 1. The highest BCUT2D eigenvalue weighted by Crippen LogP contribution is 2.07. The average molecular weight is 258 g/mol. The summed E-state index contributed by atoms with van der Waals surface area (Å²) in [7, 11) is 0. The minimum Gasteiger partial charge on any atom is -0.466 e. The molecule has 0 amide bonds. The quantitative estimate of drug-likeness (QED) is 0.382. The van der Waals surface area contributed by atoms with Crippen LogP contribution in [0.1, 0.15) is 91.9 Å². The minimum absolute atomic E-state index is 0.0880. The lowest BCUT2D eigenvalue weighted by molar-refractivity contribution is -0.143. The fraction of sp³-hybridized carbons (Fsp3) is 0.938. The van der Waals surface area contributed by atoms with Crippen molar-refractivity contribution in [2.24, 2.45) is 0 Å². The molecule has 0 bridgehead atoms. The van der Waals surface area contributed by atoms with Crippen LogP contribution >= 0.6 is 0 Å². The summed E-state index contributed by atoms with van der Waals surface area (Å²) in [4.78, 5) is 10.4. The first-order chi connectivity index (χ1) is 8.72. The lowest BCUT2D eigenvalue weighted by Crippen LogP contribution is -2.01. The highest BCUT2D eigenvalue weighted by Gasteiger charge is 1.95. The van der Waals surface area contributed by atoms with Gasteiger partial charge in [-0.3, -0.25) is 4.79 Å². The van der Waals surface area contributed by atoms with Gasteiger partial charge in [-0.05, 0) is 13.3 Å². The Balaban J connectivity index is 0. The first-order valence-electron chi connectivity index (χ1n) is 7.88. The normalized spacial score (nSPS) is 9.56. The van der Waals surface area contributed by atoms with Gasteiger partial charge in [-0.2, -0.15) is 0 Å². The average Bonchev–Trinajstić information content (AvgIpc) is 2.35. The summed E-state index contributed by atoms with van der Waals surface area (Å²) in [6.07, 6.45) is 12.9. The molecule has 0 aromatic heterocycles. The van der Waals surface area contributed by atoms with Crippen molar-refractivity contribution in [3.63, 3.8) is 0 Å². The zero-order valence-electron chi connectivity index (χ0n) is 13.1. The molecule has 110 valence electrons. The number of unbranched alkanes of at least 4 members (excludes halogenated alkanes) is 7. The highest BCUT2D eigenvalue weighted by molar-refractivity contribution is 5.69. The van der Waals surface area contributed by atoms with Gasteiger partial charge in [-0.1, -0.05) is 72.1 Å². The standard InChI is InChI=1S/C10H22.C6H12O2/c1-3-5-7-9-10-8-6-4-2;1-3-5-6(7)8-4-2/h3-10H2,1-2H3;3-5H2,1-2H3. The van der Waals surface area contributed by atoms with E-state index in [1.54, 1.807) is 0 Å². The molecular weight excluding hydrogens is 224 g/mol. The summed E-state index contributed by atoms with van der Waals surface area (Å²) in [5, 5.41) is 0. The molecule has 0 unspecified atom stereocenters. The van der Waals surface area contributed by atoms with Gasteiger partial charge in [0, 0.05) is 6.42 Å². The van der Waals surface area contributed by atoms with Crippen LogP contribution in [0.5, 0.6) is 0 Å². The van der Waals surface area contributed by atoms with Crippen molar-refractivity contribution in [2.45, 2.75) is 91.9 Å². The molecule has 0 aromatic carbocycles. The second-order valence-corrected chi connectivity index (χ2v) is 4.68. The van der Waals surface area contributed by atoms with E-state index < -0.39 is 0 Å². The minimum atomic E-state index is -0.0880. The van der Waals surface area contributed by atoms with Crippen LogP contribution in [0.2, 0.25) is 0 Å². The summed E-state index contributed by atoms with van der Waals surface area (Å²) in [6.45, 7) is 8.81. The Morgan fingerprint density at radius 2 is 1.17 bits per heavy atom. The van der Waals surface area contributed by atoms with Gasteiger partial charge >= 0.3 is 5.97 Å². The van der Waals surface area contributed by atoms with E-state index in [9.17, 15) is 4.79 Å². The van der Waals surface area contributed by atoms with Gasteiger partial charge in [0.1, 0.15) is 0 Å². The second-order valence-electron chi connectivity index (χ2n) is 4.68. The summed E-state index contributed by atoms with van der Waals surface area (Å²) in [6, 6.07) is 0. The maximum absolute atomic E-state index is 10.4. The zero-order chi connectivity index (χ0) is 14.1. The summed E-state index contributed by atoms with van der Waals surface area (Å²) < 4.78 is 4.64. The molecule has 0 aliphatic heterocycles. The molecule has 0 N–H and O–H groups in total. The van der Waals surface area contributed by atoms with Gasteiger partial charge in [0.25, 0.3) is 0 Å². The number of hydrogen-bond acceptors (Lipinski definition) is 2. The lowest BCUT2D eigenvalue weighted by Gasteiger charge is -1.97. The molecule has 0 radical (unpaired) electrons. The molecule has 0 spiro atoms. The number of esters is 1. The van der Waals surface area contributed by atoms with E-state index in [1.165, 1.54) is 51.4 Å². The lowest BCUT2D eigenvalue weighted by atomic mass is 10.1. The Hall–Kier alpha value is -0.530. The maximum atomic E-state index is 10.4. The molecule has 0 aromatic rings. The smallest absolute Gasteiger partial charge is 0.305 e. The van der Waals surface area contributed by atoms with Gasteiger partial charge in [0.05, 0.1) is 6.61 Å². The molecule has 0 aliphatic carbocycles. The van der Waals surface area contributed by atoms with E-state index in [2.05, 4.69) is 18.6 Å². The van der Waals surface area contributed by atoms with Crippen molar-refractivity contribution in [2.75, 3.05) is 6.61 Å². The molecule has 2 nitrogen and oxygen atoms in total. The maximum Gasteiger partial charge on any atom is 0.305 e. The van der Waals surface area contributed by atoms with E-state index in [0.29, 0.717) is 13.0 Å². The Kier molecular flexibility index (Phi) is 20.7. The van der Waals surface area contributed by atoms with Gasteiger partial charge in [0.2, 0.25) is 0 Å². The number of hydrogen-bond donors (Lipinski definition) is 0. The second kappa shape index (κ2) is 18.8. The van der Waals surface area contributed by atoms with Crippen LogP contribution in [0, 0.1) is 0 Å². The summed E-state index contributed by atoms with van der Waals surface area (Å²) >= 11 is 0. The van der Waals surface area contributed by atoms with Crippen LogP contribution in [0.3, 0.4) is 0 Å². The van der Waals surface area contributed by atoms with E-state index in [4.69, 9.17) is 0 Å². The van der Waals surface area contributed by atoms with Crippen molar-refractivity contribution in [3.8, 4) is 0 Å². The Labute approximate surface area is 114 Å². The molecule has 0 rings (SSSR count). The van der Waals surface area contributed by atoms with Crippen molar-refractivity contribution in [1.82, 2.24) is 0 Å². The molecule has 18 heavy (non-hydrogen) atoms. The number of carbonyl (C=O) groups is 1. The van der Waals surface area contributed by atoms with E-state index >= 15 is 0 Å². The Bertz CT molecular complexity index is 139. The molecule has 0 heterocycles. The van der Waals surface area contributed by atoms with Gasteiger partial charge in [0.15, 0.2) is 0 Å². The summed E-state index contributed by atoms with van der Waals surface area (Å²) in [5.41, 5.74) is 0. The summed E-state index contributed by atoms with van der Waals surface area (Å²) in [5.74, 6) is -0.0880. The third-order valence-corrected chi connectivity index (χ3v) is 2.72. The molecule has 0 fully saturated rings. The third kappa shape index (κ3) is 20.8. The number of ether oxygens (including phenoxy) is 1. The topological polar surface area (TPSA) is 26.3 Å². The predicted octanol–water partition coefficient (Wildman–Crippen LogP) is 5.50. The largest absolute Gasteiger partial charge is 0.466 e. The SMILES string of the molecule is CCCC(=O)OCC.CCCCCCCCCC. The van der Waals surface area contributed by atoms with Gasteiger partial charge in [-0.15, -0.1) is 0 Å². The molecule has 2 heteroatoms. The molecule has 0 saturated carbocycles. The van der Waals surface area contributed by atoms with E-state index in [1.807, 2.05) is 13.8 Å². The van der Waals surface area contributed by atoms with Crippen LogP contribution in [0.4, 0.5) is 0 Å². The molecule has 0 aliphatic rings. The van der Waals surface area contributed by atoms with Crippen molar-refractivity contribution in [1.29, 1.82) is 0 Å². The monoisotopic (exact) mass is 258 g/mol. The van der Waals surface area contributed by atoms with Crippen LogP contribution in [-0.2, 0) is 9.53 Å². The first-order valence-corrected chi connectivity index (χ1v) is 7.88. The third-order valence-electron chi connectivity index (χ3n) is 2.72. The fourth-order valence-electron chi connectivity index (χ4n) is 1.64. The number of rotatable bonds is 10. The predicted molar refractivity (Wildman–Crippen MR) is 79.8 cm³/mol. The van der Waals surface area contributed by atoms with Crippen LogP contribution < -0.4 is 0 Å². The van der Waals surface area contributed by atoms with Crippen LogP contribution in [-0.4, -0.2) is 12.6 Å². The zero-order valence-corrected chi connectivity index (χ0v) is 13.1. The van der Waals surface area contributed by atoms with E-state index in [0.717, 1.165) is 6.42 Å². The van der Waals surface area contributed by atoms with Gasteiger partial charge < -0.3 is 4.74 Å². The highest BCUT2D eigenvalue weighted by atomic mass is 16.5. The van der Waals surface area contributed by atoms with Crippen molar-refractivity contribution in [3.05, 3.63) is 0 Å². The Morgan fingerprint density at radius 1 is 0.722 bits per heavy atom. The van der Waals surface area contributed by atoms with Crippen LogP contribution in [0.15, 0.2) is 0 Å². The molecule has 0 atom stereocenters. The Morgan fingerprint density at radius 3 is 1.50 bits per heavy atom. The van der Waals surface area contributed by atoms with Crippen LogP contribution in [0.25, 0.3) is 0 Å². The van der Waals surface area contributed by atoms with Crippen molar-refractivity contribution < 1.29 is 9.53 Å². The van der Waals surface area contributed by atoms with Crippen molar-refractivity contribution >= 4 is 5.97 Å².